The lowest BCUT2D eigenvalue weighted by atomic mass is 9.90. The largest absolute Gasteiger partial charge is 0.370 e. The predicted molar refractivity (Wildman–Crippen MR) is 111 cm³/mol. The lowest BCUT2D eigenvalue weighted by Crippen LogP contribution is -2.34. The summed E-state index contributed by atoms with van der Waals surface area (Å²) in [5.41, 5.74) is 3.05. The number of anilines is 1. The van der Waals surface area contributed by atoms with Crippen molar-refractivity contribution in [3.05, 3.63) is 59.9 Å². The Morgan fingerprint density at radius 2 is 1.89 bits per heavy atom. The molecule has 1 saturated heterocycles. The van der Waals surface area contributed by atoms with Gasteiger partial charge in [-0.3, -0.25) is 4.79 Å². The van der Waals surface area contributed by atoms with Gasteiger partial charge in [0.25, 0.3) is 5.91 Å². The van der Waals surface area contributed by atoms with Crippen molar-refractivity contribution in [2.75, 3.05) is 24.5 Å². The molecule has 0 unspecified atom stereocenters. The van der Waals surface area contributed by atoms with Crippen molar-refractivity contribution in [3.8, 4) is 0 Å². The van der Waals surface area contributed by atoms with Crippen LogP contribution in [0.15, 0.2) is 48.7 Å². The number of amides is 1. The Labute approximate surface area is 163 Å². The molecular weight excluding hydrogens is 334 g/mol. The van der Waals surface area contributed by atoms with Crippen LogP contribution in [0.25, 0.3) is 0 Å². The summed E-state index contributed by atoms with van der Waals surface area (Å²) < 4.78 is 0. The molecule has 4 heteroatoms. The quantitative estimate of drug-likeness (QED) is 0.795. The van der Waals surface area contributed by atoms with E-state index in [-0.39, 0.29) is 5.91 Å². The number of aromatic nitrogens is 1. The van der Waals surface area contributed by atoms with Crippen molar-refractivity contribution in [1.82, 2.24) is 10.3 Å². The molecule has 4 nitrogen and oxygen atoms in total. The number of nitrogens with one attached hydrogen (secondary N) is 1. The minimum atomic E-state index is -0.0798. The van der Waals surface area contributed by atoms with Crippen molar-refractivity contribution < 1.29 is 4.79 Å². The van der Waals surface area contributed by atoms with Gasteiger partial charge in [-0.1, -0.05) is 44.2 Å². The normalized spacial score (nSPS) is 15.1. The molecule has 0 aliphatic carbocycles. The molecule has 1 amide bonds. The highest BCUT2D eigenvalue weighted by Crippen LogP contribution is 2.25. The van der Waals surface area contributed by atoms with Crippen molar-refractivity contribution in [2.45, 2.75) is 39.5 Å². The lowest BCUT2D eigenvalue weighted by Gasteiger charge is -2.33. The first-order valence-corrected chi connectivity index (χ1v) is 10.1. The summed E-state index contributed by atoms with van der Waals surface area (Å²) in [5, 5.41) is 2.94. The molecule has 144 valence electrons. The Bertz CT molecular complexity index is 704. The fourth-order valence-corrected chi connectivity index (χ4v) is 3.62. The highest BCUT2D eigenvalue weighted by molar-refractivity contribution is 5.92. The Morgan fingerprint density at radius 1 is 1.15 bits per heavy atom. The maximum atomic E-state index is 12.1. The number of benzene rings is 1. The van der Waals surface area contributed by atoms with Crippen molar-refractivity contribution in [1.29, 1.82) is 0 Å². The van der Waals surface area contributed by atoms with E-state index in [1.807, 2.05) is 18.3 Å². The van der Waals surface area contributed by atoms with Crippen LogP contribution in [-0.2, 0) is 6.42 Å². The summed E-state index contributed by atoms with van der Waals surface area (Å²) in [6.45, 7) is 7.12. The van der Waals surface area contributed by atoms with E-state index in [4.69, 9.17) is 0 Å². The molecule has 0 radical (unpaired) electrons. The summed E-state index contributed by atoms with van der Waals surface area (Å²) in [7, 11) is 0. The van der Waals surface area contributed by atoms with Gasteiger partial charge in [-0.2, -0.15) is 0 Å². The lowest BCUT2D eigenvalue weighted by molar-refractivity contribution is 0.0947. The molecule has 3 rings (SSSR count). The molecule has 1 aliphatic rings. The van der Waals surface area contributed by atoms with Gasteiger partial charge < -0.3 is 10.2 Å². The second-order valence-electron chi connectivity index (χ2n) is 7.96. The van der Waals surface area contributed by atoms with E-state index in [2.05, 4.69) is 59.4 Å². The topological polar surface area (TPSA) is 45.2 Å². The smallest absolute Gasteiger partial charge is 0.269 e. The molecule has 1 aromatic carbocycles. The summed E-state index contributed by atoms with van der Waals surface area (Å²) in [5.74, 6) is 1.26. The number of piperidine rings is 1. The Morgan fingerprint density at radius 3 is 2.52 bits per heavy atom. The molecule has 2 aromatic rings. The average molecular weight is 366 g/mol. The molecule has 27 heavy (non-hydrogen) atoms. The molecule has 0 spiro atoms. The molecule has 2 heterocycles. The summed E-state index contributed by atoms with van der Waals surface area (Å²) >= 11 is 0. The molecule has 0 saturated carbocycles. The fourth-order valence-electron chi connectivity index (χ4n) is 3.62. The second-order valence-corrected chi connectivity index (χ2v) is 7.96. The van der Waals surface area contributed by atoms with E-state index < -0.39 is 0 Å². The van der Waals surface area contributed by atoms with Crippen LogP contribution in [0.4, 0.5) is 5.69 Å². The molecule has 1 fully saturated rings. The van der Waals surface area contributed by atoms with Crippen LogP contribution in [0.2, 0.25) is 0 Å². The number of nitrogens with zero attached hydrogens (tertiary/aromatic N) is 2. The van der Waals surface area contributed by atoms with Crippen LogP contribution in [0.3, 0.4) is 0 Å². The van der Waals surface area contributed by atoms with Crippen LogP contribution in [0, 0.1) is 11.8 Å². The maximum absolute atomic E-state index is 12.1. The first-order valence-electron chi connectivity index (χ1n) is 10.1. The average Bonchev–Trinajstić information content (AvgIpc) is 2.69. The first kappa shape index (κ1) is 19.4. The minimum absolute atomic E-state index is 0.0798. The Balaban J connectivity index is 1.47. The Kier molecular flexibility index (Phi) is 6.86. The van der Waals surface area contributed by atoms with Gasteiger partial charge in [0.2, 0.25) is 0 Å². The number of carbonyl (C=O) groups excluding carboxylic acids is 1. The van der Waals surface area contributed by atoms with E-state index >= 15 is 0 Å². The van der Waals surface area contributed by atoms with Crippen LogP contribution >= 0.6 is 0 Å². The van der Waals surface area contributed by atoms with Crippen molar-refractivity contribution in [3.63, 3.8) is 0 Å². The fraction of sp³-hybridized carbons (Fsp3) is 0.478. The third-order valence-corrected chi connectivity index (χ3v) is 5.33. The molecule has 1 aliphatic heterocycles. The van der Waals surface area contributed by atoms with Crippen LogP contribution in [0.1, 0.15) is 49.2 Å². The first-order chi connectivity index (χ1) is 13.1. The van der Waals surface area contributed by atoms with E-state index in [0.717, 1.165) is 31.1 Å². The summed E-state index contributed by atoms with van der Waals surface area (Å²) in [6, 6.07) is 14.6. The van der Waals surface area contributed by atoms with Crippen LogP contribution in [-0.4, -0.2) is 30.5 Å². The zero-order chi connectivity index (χ0) is 19.1. The van der Waals surface area contributed by atoms with Gasteiger partial charge >= 0.3 is 0 Å². The number of hydrogen-bond acceptors (Lipinski definition) is 3. The van der Waals surface area contributed by atoms with Gasteiger partial charge in [-0.25, -0.2) is 4.98 Å². The number of rotatable bonds is 7. The Hall–Kier alpha value is -2.36. The van der Waals surface area contributed by atoms with Gasteiger partial charge in [0, 0.05) is 19.6 Å². The summed E-state index contributed by atoms with van der Waals surface area (Å²) in [6.07, 6.45) is 6.40. The van der Waals surface area contributed by atoms with Gasteiger partial charge in [-0.05, 0) is 55.2 Å². The third-order valence-electron chi connectivity index (χ3n) is 5.33. The van der Waals surface area contributed by atoms with Crippen LogP contribution in [0.5, 0.6) is 0 Å². The zero-order valence-corrected chi connectivity index (χ0v) is 16.5. The number of carbonyl (C=O) groups is 1. The highest BCUT2D eigenvalue weighted by Gasteiger charge is 2.20. The van der Waals surface area contributed by atoms with E-state index in [1.165, 1.54) is 24.8 Å². The van der Waals surface area contributed by atoms with Crippen molar-refractivity contribution >= 4 is 11.6 Å². The molecule has 1 N–H and O–H groups in total. The van der Waals surface area contributed by atoms with Crippen LogP contribution < -0.4 is 10.2 Å². The van der Waals surface area contributed by atoms with Gasteiger partial charge in [0.1, 0.15) is 5.69 Å². The number of pyridine rings is 1. The van der Waals surface area contributed by atoms with Gasteiger partial charge in [-0.15, -0.1) is 0 Å². The number of hydrogen-bond donors (Lipinski definition) is 1. The maximum Gasteiger partial charge on any atom is 0.269 e. The molecular formula is C23H31N3O. The standard InChI is InChI=1S/C23H31N3O/c1-18(2)10-13-24-23(27)22-9-8-21(17-25-22)26-14-11-20(12-15-26)16-19-6-4-3-5-7-19/h3-9,17-18,20H,10-16H2,1-2H3,(H,24,27). The molecule has 0 bridgehead atoms. The zero-order valence-electron chi connectivity index (χ0n) is 16.5. The highest BCUT2D eigenvalue weighted by atomic mass is 16.1. The van der Waals surface area contributed by atoms with E-state index in [0.29, 0.717) is 18.2 Å². The monoisotopic (exact) mass is 365 g/mol. The third kappa shape index (κ3) is 5.81. The minimum Gasteiger partial charge on any atom is -0.370 e. The van der Waals surface area contributed by atoms with E-state index in [9.17, 15) is 4.79 Å². The van der Waals surface area contributed by atoms with E-state index in [1.54, 1.807) is 0 Å². The van der Waals surface area contributed by atoms with Crippen molar-refractivity contribution in [2.24, 2.45) is 11.8 Å². The van der Waals surface area contributed by atoms with Gasteiger partial charge in [0.05, 0.1) is 11.9 Å². The predicted octanol–water partition coefficient (Wildman–Crippen LogP) is 4.32. The summed E-state index contributed by atoms with van der Waals surface area (Å²) in [4.78, 5) is 18.9. The second kappa shape index (κ2) is 9.54. The SMILES string of the molecule is CC(C)CCNC(=O)c1ccc(N2CCC(Cc3ccccc3)CC2)cn1. The van der Waals surface area contributed by atoms with Gasteiger partial charge in [0.15, 0.2) is 0 Å². The molecule has 1 aromatic heterocycles. The molecule has 0 atom stereocenters.